The Morgan fingerprint density at radius 1 is 1.35 bits per heavy atom. The zero-order valence-electron chi connectivity index (χ0n) is 11.7. The zero-order valence-corrected chi connectivity index (χ0v) is 11.7. The van der Waals surface area contributed by atoms with Crippen LogP contribution in [0.2, 0.25) is 0 Å². The summed E-state index contributed by atoms with van der Waals surface area (Å²) in [7, 11) is 0. The molecular weight excluding hydrogens is 210 g/mol. The van der Waals surface area contributed by atoms with Crippen molar-refractivity contribution in [3.8, 4) is 0 Å². The molecule has 0 saturated carbocycles. The summed E-state index contributed by atoms with van der Waals surface area (Å²) >= 11 is 0. The standard InChI is InChI=1S/C15H29NO/c1-4-16-11-7-9-14(3)17-12-15-10-6-5-8-13(15)2/h5-6,13-16H,4,7-12H2,1-3H3. The molecule has 0 aromatic heterocycles. The molecule has 1 N–H and O–H groups in total. The number of ether oxygens (including phenoxy) is 1. The molecule has 0 spiro atoms. The average molecular weight is 239 g/mol. The number of nitrogens with one attached hydrogen (secondary N) is 1. The van der Waals surface area contributed by atoms with E-state index in [2.05, 4.69) is 38.2 Å². The first-order valence-corrected chi connectivity index (χ1v) is 7.21. The fraction of sp³-hybridized carbons (Fsp3) is 0.867. The lowest BCUT2D eigenvalue weighted by atomic mass is 9.85. The monoisotopic (exact) mass is 239 g/mol. The molecule has 0 amide bonds. The van der Waals surface area contributed by atoms with E-state index in [1.54, 1.807) is 0 Å². The molecule has 0 bridgehead atoms. The van der Waals surface area contributed by atoms with Gasteiger partial charge in [-0.1, -0.05) is 26.0 Å². The predicted molar refractivity (Wildman–Crippen MR) is 74.2 cm³/mol. The van der Waals surface area contributed by atoms with Crippen molar-refractivity contribution in [2.75, 3.05) is 19.7 Å². The Kier molecular flexibility index (Phi) is 7.54. The zero-order chi connectivity index (χ0) is 12.5. The number of hydrogen-bond acceptors (Lipinski definition) is 2. The molecule has 0 radical (unpaired) electrons. The molecule has 3 unspecified atom stereocenters. The molecule has 0 aromatic carbocycles. The van der Waals surface area contributed by atoms with Gasteiger partial charge in [0, 0.05) is 0 Å². The molecule has 0 aromatic rings. The maximum Gasteiger partial charge on any atom is 0.0547 e. The maximum atomic E-state index is 5.97. The van der Waals surface area contributed by atoms with Crippen molar-refractivity contribution >= 4 is 0 Å². The van der Waals surface area contributed by atoms with E-state index in [4.69, 9.17) is 4.74 Å². The summed E-state index contributed by atoms with van der Waals surface area (Å²) in [5, 5.41) is 3.35. The van der Waals surface area contributed by atoms with Gasteiger partial charge in [0.1, 0.15) is 0 Å². The molecule has 2 nitrogen and oxygen atoms in total. The van der Waals surface area contributed by atoms with Gasteiger partial charge in [-0.05, 0) is 57.5 Å². The Morgan fingerprint density at radius 2 is 2.12 bits per heavy atom. The second-order valence-electron chi connectivity index (χ2n) is 5.32. The summed E-state index contributed by atoms with van der Waals surface area (Å²) in [5.41, 5.74) is 0. The molecule has 0 heterocycles. The fourth-order valence-electron chi connectivity index (χ4n) is 2.30. The maximum absolute atomic E-state index is 5.97. The van der Waals surface area contributed by atoms with Crippen molar-refractivity contribution in [2.24, 2.45) is 11.8 Å². The van der Waals surface area contributed by atoms with Gasteiger partial charge < -0.3 is 10.1 Å². The largest absolute Gasteiger partial charge is 0.378 e. The van der Waals surface area contributed by atoms with Gasteiger partial charge in [-0.25, -0.2) is 0 Å². The van der Waals surface area contributed by atoms with Crippen LogP contribution >= 0.6 is 0 Å². The Hall–Kier alpha value is -0.340. The summed E-state index contributed by atoms with van der Waals surface area (Å²) in [6, 6.07) is 0. The highest BCUT2D eigenvalue weighted by atomic mass is 16.5. The van der Waals surface area contributed by atoms with Crippen molar-refractivity contribution in [3.05, 3.63) is 12.2 Å². The molecule has 1 aliphatic carbocycles. The normalized spacial score (nSPS) is 26.1. The van der Waals surface area contributed by atoms with Crippen LogP contribution in [0.25, 0.3) is 0 Å². The molecule has 17 heavy (non-hydrogen) atoms. The summed E-state index contributed by atoms with van der Waals surface area (Å²) in [6.07, 6.45) is 9.84. The van der Waals surface area contributed by atoms with Crippen LogP contribution in [0, 0.1) is 11.8 Å². The van der Waals surface area contributed by atoms with E-state index in [0.717, 1.165) is 31.5 Å². The predicted octanol–water partition coefficient (Wildman–Crippen LogP) is 3.38. The SMILES string of the molecule is CCNCCCC(C)OCC1CC=CCC1C. The van der Waals surface area contributed by atoms with Crippen LogP contribution in [0.1, 0.15) is 46.5 Å². The topological polar surface area (TPSA) is 21.3 Å². The first-order chi connectivity index (χ1) is 8.24. The quantitative estimate of drug-likeness (QED) is 0.518. The Balaban J connectivity index is 2.06. The van der Waals surface area contributed by atoms with Crippen molar-refractivity contribution in [2.45, 2.75) is 52.6 Å². The minimum absolute atomic E-state index is 0.409. The van der Waals surface area contributed by atoms with Gasteiger partial charge in [0.15, 0.2) is 0 Å². The lowest BCUT2D eigenvalue weighted by Gasteiger charge is -2.26. The molecule has 0 saturated heterocycles. The second-order valence-corrected chi connectivity index (χ2v) is 5.32. The molecule has 100 valence electrons. The molecule has 0 fully saturated rings. The third-order valence-electron chi connectivity index (χ3n) is 3.73. The van der Waals surface area contributed by atoms with Crippen LogP contribution in [0.3, 0.4) is 0 Å². The van der Waals surface area contributed by atoms with Crippen molar-refractivity contribution in [1.29, 1.82) is 0 Å². The van der Waals surface area contributed by atoms with Crippen molar-refractivity contribution in [1.82, 2.24) is 5.32 Å². The van der Waals surface area contributed by atoms with E-state index < -0.39 is 0 Å². The van der Waals surface area contributed by atoms with Crippen molar-refractivity contribution < 1.29 is 4.74 Å². The molecule has 1 aliphatic rings. The van der Waals surface area contributed by atoms with E-state index in [-0.39, 0.29) is 0 Å². The minimum Gasteiger partial charge on any atom is -0.378 e. The van der Waals surface area contributed by atoms with Crippen LogP contribution in [-0.2, 0) is 4.74 Å². The lowest BCUT2D eigenvalue weighted by molar-refractivity contribution is 0.0214. The molecular formula is C15H29NO. The van der Waals surface area contributed by atoms with Crippen molar-refractivity contribution in [3.63, 3.8) is 0 Å². The van der Waals surface area contributed by atoms with Gasteiger partial charge in [-0.15, -0.1) is 0 Å². The third-order valence-corrected chi connectivity index (χ3v) is 3.73. The van der Waals surface area contributed by atoms with Gasteiger partial charge in [-0.2, -0.15) is 0 Å². The molecule has 3 atom stereocenters. The van der Waals surface area contributed by atoms with Crippen LogP contribution in [0.15, 0.2) is 12.2 Å². The van der Waals surface area contributed by atoms with Crippen LogP contribution in [0.5, 0.6) is 0 Å². The lowest BCUT2D eigenvalue weighted by Crippen LogP contribution is -2.23. The van der Waals surface area contributed by atoms with Crippen LogP contribution in [-0.4, -0.2) is 25.8 Å². The van der Waals surface area contributed by atoms with E-state index in [9.17, 15) is 0 Å². The summed E-state index contributed by atoms with van der Waals surface area (Å²) in [6.45, 7) is 9.82. The van der Waals surface area contributed by atoms with Gasteiger partial charge >= 0.3 is 0 Å². The summed E-state index contributed by atoms with van der Waals surface area (Å²) in [4.78, 5) is 0. The minimum atomic E-state index is 0.409. The summed E-state index contributed by atoms with van der Waals surface area (Å²) < 4.78 is 5.97. The molecule has 0 aliphatic heterocycles. The first-order valence-electron chi connectivity index (χ1n) is 7.21. The Morgan fingerprint density at radius 3 is 2.82 bits per heavy atom. The highest BCUT2D eigenvalue weighted by Crippen LogP contribution is 2.25. The first kappa shape index (κ1) is 14.7. The van der Waals surface area contributed by atoms with E-state index in [1.165, 1.54) is 25.7 Å². The smallest absolute Gasteiger partial charge is 0.0547 e. The van der Waals surface area contributed by atoms with Gasteiger partial charge in [0.25, 0.3) is 0 Å². The number of allylic oxidation sites excluding steroid dienone is 2. The van der Waals surface area contributed by atoms with Gasteiger partial charge in [0.2, 0.25) is 0 Å². The summed E-state index contributed by atoms with van der Waals surface area (Å²) in [5.74, 6) is 1.52. The van der Waals surface area contributed by atoms with Crippen LogP contribution in [0.4, 0.5) is 0 Å². The third kappa shape index (κ3) is 6.23. The highest BCUT2D eigenvalue weighted by molar-refractivity contribution is 4.93. The van der Waals surface area contributed by atoms with E-state index in [1.807, 2.05) is 0 Å². The van der Waals surface area contributed by atoms with Gasteiger partial charge in [0.05, 0.1) is 12.7 Å². The fourth-order valence-corrected chi connectivity index (χ4v) is 2.30. The van der Waals surface area contributed by atoms with Gasteiger partial charge in [-0.3, -0.25) is 0 Å². The highest BCUT2D eigenvalue weighted by Gasteiger charge is 2.19. The van der Waals surface area contributed by atoms with E-state index >= 15 is 0 Å². The Bertz CT molecular complexity index is 215. The number of hydrogen-bond donors (Lipinski definition) is 1. The average Bonchev–Trinajstić information content (AvgIpc) is 2.34. The van der Waals surface area contributed by atoms with Crippen LogP contribution < -0.4 is 5.32 Å². The number of rotatable bonds is 8. The molecule has 1 rings (SSSR count). The van der Waals surface area contributed by atoms with E-state index in [0.29, 0.717) is 6.10 Å². The Labute approximate surface area is 107 Å². The second kappa shape index (κ2) is 8.71. The molecule has 2 heteroatoms.